The summed E-state index contributed by atoms with van der Waals surface area (Å²) in [6.07, 6.45) is 6.73. The molecule has 2 rings (SSSR count). The molecular weight excluding hydrogens is 224 g/mol. The van der Waals surface area contributed by atoms with Crippen LogP contribution in [0.4, 0.5) is 0 Å². The van der Waals surface area contributed by atoms with Gasteiger partial charge in [-0.1, -0.05) is 38.3 Å². The third-order valence-electron chi connectivity index (χ3n) is 3.34. The second-order valence-electron chi connectivity index (χ2n) is 4.75. The van der Waals surface area contributed by atoms with Crippen LogP contribution < -0.4 is 11.3 Å². The van der Waals surface area contributed by atoms with Crippen molar-refractivity contribution in [1.82, 2.24) is 15.0 Å². The predicted molar refractivity (Wildman–Crippen MR) is 75.0 cm³/mol. The van der Waals surface area contributed by atoms with Gasteiger partial charge in [0.25, 0.3) is 0 Å². The normalized spacial score (nSPS) is 13.0. The summed E-state index contributed by atoms with van der Waals surface area (Å²) >= 11 is 0. The first kappa shape index (κ1) is 13.1. The molecule has 3 N–H and O–H groups in total. The van der Waals surface area contributed by atoms with Crippen LogP contribution >= 0.6 is 0 Å². The highest BCUT2D eigenvalue weighted by Gasteiger charge is 2.09. The van der Waals surface area contributed by atoms with Crippen LogP contribution in [0, 0.1) is 0 Å². The molecular formula is C14H22N4. The summed E-state index contributed by atoms with van der Waals surface area (Å²) < 4.78 is 2.17. The number of hydrogen-bond donors (Lipinski definition) is 2. The number of nitrogens with one attached hydrogen (secondary N) is 1. The van der Waals surface area contributed by atoms with Crippen molar-refractivity contribution in [2.45, 2.75) is 45.2 Å². The number of imidazole rings is 1. The van der Waals surface area contributed by atoms with Crippen LogP contribution in [0.1, 0.15) is 32.6 Å². The van der Waals surface area contributed by atoms with Crippen molar-refractivity contribution in [3.63, 3.8) is 0 Å². The number of hydrogen-bond acceptors (Lipinski definition) is 3. The number of rotatable bonds is 7. The Morgan fingerprint density at radius 2 is 2.17 bits per heavy atom. The maximum Gasteiger partial charge on any atom is 0.0958 e. The summed E-state index contributed by atoms with van der Waals surface area (Å²) in [6, 6.07) is 8.51. The maximum atomic E-state index is 5.63. The van der Waals surface area contributed by atoms with Gasteiger partial charge in [-0.25, -0.2) is 4.98 Å². The van der Waals surface area contributed by atoms with Gasteiger partial charge in [-0.15, -0.1) is 0 Å². The highest BCUT2D eigenvalue weighted by Crippen LogP contribution is 2.13. The minimum atomic E-state index is 0.314. The van der Waals surface area contributed by atoms with Crippen molar-refractivity contribution in [3.05, 3.63) is 30.6 Å². The number of nitrogens with two attached hydrogens (primary N) is 1. The fraction of sp³-hybridized carbons (Fsp3) is 0.500. The van der Waals surface area contributed by atoms with Gasteiger partial charge in [0.1, 0.15) is 0 Å². The molecule has 0 aliphatic carbocycles. The van der Waals surface area contributed by atoms with Crippen molar-refractivity contribution in [2.75, 3.05) is 0 Å². The molecule has 0 aliphatic rings. The van der Waals surface area contributed by atoms with Crippen molar-refractivity contribution >= 4 is 11.0 Å². The number of unbranched alkanes of at least 4 members (excludes halogenated alkanes) is 2. The summed E-state index contributed by atoms with van der Waals surface area (Å²) in [5.74, 6) is 5.63. The largest absolute Gasteiger partial charge is 0.329 e. The van der Waals surface area contributed by atoms with E-state index in [1.165, 1.54) is 24.8 Å². The molecule has 4 nitrogen and oxygen atoms in total. The minimum Gasteiger partial charge on any atom is -0.329 e. The van der Waals surface area contributed by atoms with E-state index in [2.05, 4.69) is 28.0 Å². The lowest BCUT2D eigenvalue weighted by molar-refractivity contribution is 0.420. The first-order valence-electron chi connectivity index (χ1n) is 6.71. The number of aromatic nitrogens is 2. The first-order valence-corrected chi connectivity index (χ1v) is 6.71. The van der Waals surface area contributed by atoms with Gasteiger partial charge >= 0.3 is 0 Å². The molecule has 4 heteroatoms. The zero-order valence-corrected chi connectivity index (χ0v) is 11.0. The van der Waals surface area contributed by atoms with Gasteiger partial charge in [0, 0.05) is 12.6 Å². The highest BCUT2D eigenvalue weighted by atomic mass is 15.2. The van der Waals surface area contributed by atoms with E-state index in [4.69, 9.17) is 5.84 Å². The summed E-state index contributed by atoms with van der Waals surface area (Å²) in [5.41, 5.74) is 5.13. The first-order chi connectivity index (χ1) is 8.85. The van der Waals surface area contributed by atoms with Crippen molar-refractivity contribution in [2.24, 2.45) is 5.84 Å². The number of para-hydroxylation sites is 2. The van der Waals surface area contributed by atoms with E-state index >= 15 is 0 Å². The van der Waals surface area contributed by atoms with Crippen LogP contribution in [-0.4, -0.2) is 15.6 Å². The van der Waals surface area contributed by atoms with Gasteiger partial charge < -0.3 is 4.57 Å². The Kier molecular flexibility index (Phi) is 4.73. The van der Waals surface area contributed by atoms with Gasteiger partial charge in [-0.05, 0) is 18.6 Å². The molecule has 18 heavy (non-hydrogen) atoms. The van der Waals surface area contributed by atoms with Gasteiger partial charge in [0.15, 0.2) is 0 Å². The molecule has 0 saturated carbocycles. The predicted octanol–water partition coefficient (Wildman–Crippen LogP) is 2.45. The van der Waals surface area contributed by atoms with Gasteiger partial charge in [0.2, 0.25) is 0 Å². The number of benzene rings is 1. The van der Waals surface area contributed by atoms with Crippen molar-refractivity contribution < 1.29 is 0 Å². The molecule has 0 amide bonds. The van der Waals surface area contributed by atoms with E-state index in [1.54, 1.807) is 0 Å². The molecule has 1 atom stereocenters. The Balaban J connectivity index is 2.02. The maximum absolute atomic E-state index is 5.63. The number of fused-ring (bicyclic) bond motifs is 1. The monoisotopic (exact) mass is 246 g/mol. The Bertz CT molecular complexity index is 477. The van der Waals surface area contributed by atoms with Crippen molar-refractivity contribution in [3.8, 4) is 0 Å². The summed E-state index contributed by atoms with van der Waals surface area (Å²) in [6.45, 7) is 3.09. The lowest BCUT2D eigenvalue weighted by atomic mass is 10.1. The Labute approximate surface area is 108 Å². The fourth-order valence-electron chi connectivity index (χ4n) is 2.26. The molecule has 2 aromatic rings. The number of hydrazine groups is 1. The molecule has 1 unspecified atom stereocenters. The molecule has 0 radical (unpaired) electrons. The zero-order chi connectivity index (χ0) is 12.8. The topological polar surface area (TPSA) is 55.9 Å². The standard InChI is InChI=1S/C14H22N4/c1-2-3-4-7-12(17-15)10-18-11-16-13-8-5-6-9-14(13)18/h5-6,8-9,11-12,17H,2-4,7,10,15H2,1H3. The fourth-order valence-corrected chi connectivity index (χ4v) is 2.26. The van der Waals surface area contributed by atoms with Crippen LogP contribution in [-0.2, 0) is 6.54 Å². The molecule has 0 spiro atoms. The lowest BCUT2D eigenvalue weighted by Gasteiger charge is -2.16. The quantitative estimate of drug-likeness (QED) is 0.448. The van der Waals surface area contributed by atoms with Crippen LogP contribution in [0.15, 0.2) is 30.6 Å². The van der Waals surface area contributed by atoms with E-state index < -0.39 is 0 Å². The van der Waals surface area contributed by atoms with E-state index in [1.807, 2.05) is 24.5 Å². The molecule has 98 valence electrons. The van der Waals surface area contributed by atoms with Crippen LogP contribution in [0.5, 0.6) is 0 Å². The van der Waals surface area contributed by atoms with Crippen LogP contribution in [0.3, 0.4) is 0 Å². The SMILES string of the molecule is CCCCCC(Cn1cnc2ccccc21)NN. The summed E-state index contributed by atoms with van der Waals surface area (Å²) in [7, 11) is 0. The molecule has 1 aromatic heterocycles. The van der Waals surface area contributed by atoms with Crippen LogP contribution in [0.2, 0.25) is 0 Å². The lowest BCUT2D eigenvalue weighted by Crippen LogP contribution is -2.38. The Morgan fingerprint density at radius 1 is 1.33 bits per heavy atom. The van der Waals surface area contributed by atoms with E-state index in [0.29, 0.717) is 6.04 Å². The van der Waals surface area contributed by atoms with Gasteiger partial charge in [-0.2, -0.15) is 0 Å². The molecule has 0 aliphatic heterocycles. The number of nitrogens with zero attached hydrogens (tertiary/aromatic N) is 2. The van der Waals surface area contributed by atoms with E-state index in [9.17, 15) is 0 Å². The van der Waals surface area contributed by atoms with E-state index in [-0.39, 0.29) is 0 Å². The minimum absolute atomic E-state index is 0.314. The third kappa shape index (κ3) is 3.09. The molecule has 1 heterocycles. The van der Waals surface area contributed by atoms with Crippen LogP contribution in [0.25, 0.3) is 11.0 Å². The Hall–Kier alpha value is -1.39. The molecule has 0 fully saturated rings. The van der Waals surface area contributed by atoms with Gasteiger partial charge in [0.05, 0.1) is 17.4 Å². The highest BCUT2D eigenvalue weighted by molar-refractivity contribution is 5.74. The molecule has 0 bridgehead atoms. The summed E-state index contributed by atoms with van der Waals surface area (Å²) in [5, 5.41) is 0. The molecule has 1 aromatic carbocycles. The second-order valence-corrected chi connectivity index (χ2v) is 4.75. The zero-order valence-electron chi connectivity index (χ0n) is 11.0. The van der Waals surface area contributed by atoms with E-state index in [0.717, 1.165) is 18.5 Å². The van der Waals surface area contributed by atoms with Crippen molar-refractivity contribution in [1.29, 1.82) is 0 Å². The smallest absolute Gasteiger partial charge is 0.0958 e. The Morgan fingerprint density at radius 3 is 2.94 bits per heavy atom. The third-order valence-corrected chi connectivity index (χ3v) is 3.34. The summed E-state index contributed by atoms with van der Waals surface area (Å²) in [4.78, 5) is 4.40. The average molecular weight is 246 g/mol. The molecule has 0 saturated heterocycles. The average Bonchev–Trinajstić information content (AvgIpc) is 2.81. The second kappa shape index (κ2) is 6.52. The van der Waals surface area contributed by atoms with Gasteiger partial charge in [-0.3, -0.25) is 11.3 Å².